The van der Waals surface area contributed by atoms with Gasteiger partial charge in [0.2, 0.25) is 0 Å². The summed E-state index contributed by atoms with van der Waals surface area (Å²) in [6.45, 7) is 2.34. The van der Waals surface area contributed by atoms with Crippen molar-refractivity contribution in [1.82, 2.24) is 5.32 Å². The van der Waals surface area contributed by atoms with Crippen molar-refractivity contribution in [1.29, 1.82) is 0 Å². The Balaban J connectivity index is 2.08. The van der Waals surface area contributed by atoms with E-state index in [-0.39, 0.29) is 11.1 Å². The van der Waals surface area contributed by atoms with Crippen molar-refractivity contribution in [3.8, 4) is 0 Å². The normalized spacial score (nSPS) is 19.6. The van der Waals surface area contributed by atoms with Gasteiger partial charge in [0.1, 0.15) is 5.82 Å². The summed E-state index contributed by atoms with van der Waals surface area (Å²) in [5, 5.41) is 14.0. The summed E-state index contributed by atoms with van der Waals surface area (Å²) in [6.07, 6.45) is 3.71. The summed E-state index contributed by atoms with van der Waals surface area (Å²) in [4.78, 5) is 0. The minimum Gasteiger partial charge on any atom is -0.389 e. The van der Waals surface area contributed by atoms with Crippen LogP contribution in [0.1, 0.15) is 44.2 Å². The Bertz CT molecular complexity index is 461. The van der Waals surface area contributed by atoms with Gasteiger partial charge in [0.05, 0.1) is 10.6 Å². The first-order chi connectivity index (χ1) is 8.93. The smallest absolute Gasteiger partial charge is 0.142 e. The number of halogens is 3. The Hall–Kier alpha value is -0.350. The number of aliphatic hydroxyl groups is 1. The van der Waals surface area contributed by atoms with E-state index >= 15 is 0 Å². The third kappa shape index (κ3) is 3.40. The highest BCUT2D eigenvalue weighted by molar-refractivity contribution is 6.36. The summed E-state index contributed by atoms with van der Waals surface area (Å²) < 4.78 is 13.5. The van der Waals surface area contributed by atoms with Gasteiger partial charge in [-0.25, -0.2) is 4.39 Å². The molecule has 106 valence electrons. The maximum absolute atomic E-state index is 13.5. The van der Waals surface area contributed by atoms with Crippen molar-refractivity contribution in [2.75, 3.05) is 6.54 Å². The number of rotatable bonds is 4. The van der Waals surface area contributed by atoms with Gasteiger partial charge < -0.3 is 10.4 Å². The highest BCUT2D eigenvalue weighted by Crippen LogP contribution is 2.34. The van der Waals surface area contributed by atoms with E-state index < -0.39 is 11.4 Å². The average Bonchev–Trinajstić information content (AvgIpc) is 2.80. The van der Waals surface area contributed by atoms with Crippen molar-refractivity contribution >= 4 is 23.2 Å². The molecule has 0 bridgehead atoms. The predicted molar refractivity (Wildman–Crippen MR) is 76.3 cm³/mol. The van der Waals surface area contributed by atoms with Crippen molar-refractivity contribution in [3.63, 3.8) is 0 Å². The minimum atomic E-state index is -0.652. The molecule has 1 aliphatic rings. The van der Waals surface area contributed by atoms with Crippen molar-refractivity contribution in [2.24, 2.45) is 0 Å². The van der Waals surface area contributed by atoms with Crippen LogP contribution in [0.4, 0.5) is 4.39 Å². The monoisotopic (exact) mass is 305 g/mol. The molecular formula is C14H18Cl2FNO. The predicted octanol–water partition coefficient (Wildman–Crippen LogP) is 4.09. The first-order valence-corrected chi connectivity index (χ1v) is 7.28. The highest BCUT2D eigenvalue weighted by atomic mass is 35.5. The Kier molecular flexibility index (Phi) is 4.72. The van der Waals surface area contributed by atoms with Gasteiger partial charge in [-0.15, -0.1) is 0 Å². The molecule has 2 N–H and O–H groups in total. The summed E-state index contributed by atoms with van der Waals surface area (Å²) in [7, 11) is 0. The van der Waals surface area contributed by atoms with Crippen molar-refractivity contribution in [2.45, 2.75) is 44.2 Å². The maximum Gasteiger partial charge on any atom is 0.142 e. The number of benzene rings is 1. The first kappa shape index (κ1) is 15.0. The third-order valence-corrected chi connectivity index (χ3v) is 4.50. The van der Waals surface area contributed by atoms with Crippen LogP contribution in [0.2, 0.25) is 10.0 Å². The number of nitrogens with one attached hydrogen (secondary N) is 1. The molecule has 1 aromatic rings. The molecule has 1 saturated carbocycles. The fourth-order valence-corrected chi connectivity index (χ4v) is 3.29. The van der Waals surface area contributed by atoms with Gasteiger partial charge in [0.25, 0.3) is 0 Å². The van der Waals surface area contributed by atoms with Crippen LogP contribution in [0.3, 0.4) is 0 Å². The van der Waals surface area contributed by atoms with Crippen LogP contribution in [0.15, 0.2) is 12.1 Å². The molecule has 0 spiro atoms. The fraction of sp³-hybridized carbons (Fsp3) is 0.571. The zero-order valence-corrected chi connectivity index (χ0v) is 12.4. The minimum absolute atomic E-state index is 0.0471. The van der Waals surface area contributed by atoms with Gasteiger partial charge in [-0.05, 0) is 31.9 Å². The average molecular weight is 306 g/mol. The topological polar surface area (TPSA) is 32.3 Å². The van der Waals surface area contributed by atoms with E-state index in [1.807, 2.05) is 6.92 Å². The van der Waals surface area contributed by atoms with Crippen molar-refractivity contribution < 1.29 is 9.50 Å². The molecule has 0 saturated heterocycles. The summed E-state index contributed by atoms with van der Waals surface area (Å²) in [6, 6.07) is 2.55. The molecule has 2 rings (SSSR count). The number of hydrogen-bond donors (Lipinski definition) is 2. The second-order valence-electron chi connectivity index (χ2n) is 5.29. The lowest BCUT2D eigenvalue weighted by Crippen LogP contribution is -2.39. The van der Waals surface area contributed by atoms with E-state index in [4.69, 9.17) is 23.2 Å². The number of hydrogen-bond acceptors (Lipinski definition) is 2. The second kappa shape index (κ2) is 5.96. The molecule has 2 nitrogen and oxygen atoms in total. The van der Waals surface area contributed by atoms with E-state index in [1.54, 1.807) is 0 Å². The van der Waals surface area contributed by atoms with Gasteiger partial charge in [0.15, 0.2) is 0 Å². The molecule has 0 aromatic heterocycles. The zero-order valence-electron chi connectivity index (χ0n) is 10.8. The van der Waals surface area contributed by atoms with Gasteiger partial charge >= 0.3 is 0 Å². The van der Waals surface area contributed by atoms with E-state index in [0.717, 1.165) is 25.7 Å². The van der Waals surface area contributed by atoms with Crippen LogP contribution in [-0.2, 0) is 0 Å². The molecule has 0 radical (unpaired) electrons. The molecule has 5 heteroatoms. The summed E-state index contributed by atoms with van der Waals surface area (Å²) >= 11 is 12.0. The van der Waals surface area contributed by atoms with Crippen molar-refractivity contribution in [3.05, 3.63) is 33.6 Å². The lowest BCUT2D eigenvalue weighted by Gasteiger charge is -2.26. The molecule has 1 aromatic carbocycles. The highest BCUT2D eigenvalue weighted by Gasteiger charge is 2.31. The lowest BCUT2D eigenvalue weighted by atomic mass is 10.0. The summed E-state index contributed by atoms with van der Waals surface area (Å²) in [5.41, 5.74) is -0.106. The van der Waals surface area contributed by atoms with Crippen LogP contribution in [0.25, 0.3) is 0 Å². The molecule has 1 atom stereocenters. The maximum atomic E-state index is 13.5. The Morgan fingerprint density at radius 3 is 2.63 bits per heavy atom. The van der Waals surface area contributed by atoms with Gasteiger partial charge in [-0.1, -0.05) is 36.0 Å². The molecule has 1 fully saturated rings. The molecule has 19 heavy (non-hydrogen) atoms. The largest absolute Gasteiger partial charge is 0.389 e. The van der Waals surface area contributed by atoms with E-state index in [1.165, 1.54) is 12.1 Å². The molecule has 1 aliphatic carbocycles. The Morgan fingerprint density at radius 1 is 1.37 bits per heavy atom. The van der Waals surface area contributed by atoms with Crippen LogP contribution >= 0.6 is 23.2 Å². The van der Waals surface area contributed by atoms with Crippen LogP contribution in [-0.4, -0.2) is 17.3 Å². The third-order valence-electron chi connectivity index (χ3n) is 3.78. The lowest BCUT2D eigenvalue weighted by molar-refractivity contribution is 0.0453. The van der Waals surface area contributed by atoms with Crippen LogP contribution < -0.4 is 5.32 Å². The Labute approximate surface area is 122 Å². The van der Waals surface area contributed by atoms with Gasteiger partial charge in [-0.2, -0.15) is 0 Å². The molecular weight excluding hydrogens is 288 g/mol. The standard InChI is InChI=1S/C14H18Cl2FNO/c1-9(18-8-14(19)6-2-3-7-14)12-10(15)4-5-11(17)13(12)16/h4-5,9,18-19H,2-3,6-8H2,1H3. The van der Waals surface area contributed by atoms with Gasteiger partial charge in [0, 0.05) is 23.2 Å². The molecule has 1 unspecified atom stereocenters. The van der Waals surface area contributed by atoms with Gasteiger partial charge in [-0.3, -0.25) is 0 Å². The molecule has 0 aliphatic heterocycles. The van der Waals surface area contributed by atoms with Crippen LogP contribution in [0.5, 0.6) is 0 Å². The summed E-state index contributed by atoms with van der Waals surface area (Å²) in [5.74, 6) is -0.478. The Morgan fingerprint density at radius 2 is 2.00 bits per heavy atom. The first-order valence-electron chi connectivity index (χ1n) is 6.52. The molecule has 0 amide bonds. The van der Waals surface area contributed by atoms with E-state index in [0.29, 0.717) is 17.1 Å². The molecule has 0 heterocycles. The van der Waals surface area contributed by atoms with Crippen LogP contribution in [0, 0.1) is 5.82 Å². The zero-order chi connectivity index (χ0) is 14.0. The van der Waals surface area contributed by atoms with E-state index in [2.05, 4.69) is 5.32 Å². The quantitative estimate of drug-likeness (QED) is 0.821. The second-order valence-corrected chi connectivity index (χ2v) is 6.08. The SMILES string of the molecule is CC(NCC1(O)CCCC1)c1c(Cl)ccc(F)c1Cl. The fourth-order valence-electron chi connectivity index (χ4n) is 2.59. The van der Waals surface area contributed by atoms with E-state index in [9.17, 15) is 9.50 Å².